The summed E-state index contributed by atoms with van der Waals surface area (Å²) in [6.45, 7) is 25.6. The Hall–Kier alpha value is -6.94. The van der Waals surface area contributed by atoms with Gasteiger partial charge in [0.2, 0.25) is 11.6 Å². The predicted octanol–water partition coefficient (Wildman–Crippen LogP) is 6.69. The number of amides is 1. The van der Waals surface area contributed by atoms with E-state index in [2.05, 4.69) is 171 Å². The molecule has 448 valence electrons. The molecule has 2 aliphatic rings. The number of allylic oxidation sites excluding steroid dienone is 2. The van der Waals surface area contributed by atoms with Crippen molar-refractivity contribution in [1.29, 1.82) is 0 Å². The quantitative estimate of drug-likeness (QED) is 0.0182. The summed E-state index contributed by atoms with van der Waals surface area (Å²) in [6, 6.07) is 36.0. The molecule has 8 rings (SSSR count). The zero-order chi connectivity index (χ0) is 59.9. The highest BCUT2D eigenvalue weighted by molar-refractivity contribution is 7.02. The van der Waals surface area contributed by atoms with Gasteiger partial charge in [0.15, 0.2) is 5.78 Å². The third-order valence-electron chi connectivity index (χ3n) is 16.8. The second kappa shape index (κ2) is 29.4. The maximum Gasteiger partial charge on any atom is 0.488 e. The molecule has 0 saturated heterocycles. The molecule has 1 heterocycles. The van der Waals surface area contributed by atoms with Gasteiger partial charge in [0.25, 0.3) is 0 Å². The van der Waals surface area contributed by atoms with Gasteiger partial charge in [-0.25, -0.2) is 4.58 Å². The molecule has 0 fully saturated rings. The minimum Gasteiger partial charge on any atom is -0.423 e. The van der Waals surface area contributed by atoms with Gasteiger partial charge >= 0.3 is 14.2 Å². The van der Waals surface area contributed by atoms with E-state index >= 15 is 0 Å². The fraction of sp³-hybridized carbons (Fsp3) is 0.357. The maximum absolute atomic E-state index is 12.9. The molecule has 1 aliphatic carbocycles. The van der Waals surface area contributed by atoms with E-state index in [9.17, 15) is 29.7 Å². The first-order valence-electron chi connectivity index (χ1n) is 29.4. The van der Waals surface area contributed by atoms with Crippen LogP contribution in [0.4, 0.5) is 11.4 Å². The Balaban J connectivity index is 0.00000579. The first-order chi connectivity index (χ1) is 39.6. The highest BCUT2D eigenvalue weighted by Crippen LogP contribution is 2.34. The van der Waals surface area contributed by atoms with Crippen molar-refractivity contribution in [3.8, 4) is 0 Å². The van der Waals surface area contributed by atoms with E-state index < -0.39 is 22.3 Å². The first-order valence-corrected chi connectivity index (χ1v) is 32.4. The van der Waals surface area contributed by atoms with Crippen molar-refractivity contribution in [3.63, 3.8) is 0 Å². The van der Waals surface area contributed by atoms with Gasteiger partial charge in [-0.05, 0) is 183 Å². The molecular formula is C70H93B2N6O6Si+. The number of carbonyl (C=O) groups is 2. The Morgan fingerprint density at radius 2 is 1.15 bits per heavy atom. The summed E-state index contributed by atoms with van der Waals surface area (Å²) in [5.41, 5.74) is 13.9. The predicted molar refractivity (Wildman–Crippen MR) is 363 cm³/mol. The molecule has 5 N–H and O–H groups in total. The van der Waals surface area contributed by atoms with Crippen molar-refractivity contribution < 1.29 is 34.3 Å². The lowest BCUT2D eigenvalue weighted by molar-refractivity contribution is -0.518. The Labute approximate surface area is 508 Å². The molecule has 0 saturated carbocycles. The van der Waals surface area contributed by atoms with Crippen LogP contribution < -0.4 is 46.9 Å². The van der Waals surface area contributed by atoms with Crippen molar-refractivity contribution in [2.75, 3.05) is 70.7 Å². The Bertz CT molecular complexity index is 3580. The molecule has 6 aromatic carbocycles. The van der Waals surface area contributed by atoms with Crippen LogP contribution in [0.3, 0.4) is 0 Å². The summed E-state index contributed by atoms with van der Waals surface area (Å²) < 4.78 is 2.37. The zero-order valence-corrected chi connectivity index (χ0v) is 51.6. The number of anilines is 2. The van der Waals surface area contributed by atoms with Crippen molar-refractivity contribution in [2.24, 2.45) is 0 Å². The van der Waals surface area contributed by atoms with Gasteiger partial charge in [0.05, 0.1) is 0 Å². The van der Waals surface area contributed by atoms with Crippen molar-refractivity contribution in [3.05, 3.63) is 183 Å². The lowest BCUT2D eigenvalue weighted by Gasteiger charge is -2.37. The molecule has 0 spiro atoms. The minimum atomic E-state index is -2.29. The van der Waals surface area contributed by atoms with Crippen LogP contribution in [-0.4, -0.2) is 135 Å². The van der Waals surface area contributed by atoms with Gasteiger partial charge in [-0.1, -0.05) is 114 Å². The average Bonchev–Trinajstić information content (AvgIpc) is 1.33. The van der Waals surface area contributed by atoms with Crippen LogP contribution in [0.15, 0.2) is 134 Å². The van der Waals surface area contributed by atoms with Crippen LogP contribution >= 0.6 is 0 Å². The highest BCUT2D eigenvalue weighted by Gasteiger charge is 2.38. The smallest absolute Gasteiger partial charge is 0.423 e. The monoisotopic (exact) mass is 1160 g/mol. The number of benzene rings is 6. The molecule has 15 heteroatoms. The van der Waals surface area contributed by atoms with Gasteiger partial charge in [0.1, 0.15) is 21.2 Å². The zero-order valence-electron chi connectivity index (χ0n) is 50.6. The highest BCUT2D eigenvalue weighted by atomic mass is 28.3. The van der Waals surface area contributed by atoms with Crippen molar-refractivity contribution in [2.45, 2.75) is 108 Å². The van der Waals surface area contributed by atoms with Gasteiger partial charge in [-0.3, -0.25) is 19.4 Å². The van der Waals surface area contributed by atoms with Gasteiger partial charge in [0, 0.05) is 103 Å². The second-order valence-electron chi connectivity index (χ2n) is 23.5. The summed E-state index contributed by atoms with van der Waals surface area (Å²) in [5, 5.41) is 53.0. The molecule has 6 aromatic rings. The third-order valence-corrected chi connectivity index (χ3v) is 20.3. The topological polar surface area (TPSA) is 143 Å². The van der Waals surface area contributed by atoms with E-state index in [1.54, 1.807) is 26.0 Å². The third kappa shape index (κ3) is 15.2. The number of fused-ring (bicyclic) bond motifs is 4. The number of unbranched alkanes of at least 4 members (excludes halogenated alkanes) is 1. The fourth-order valence-corrected chi connectivity index (χ4v) is 15.1. The van der Waals surface area contributed by atoms with E-state index in [0.717, 1.165) is 85.6 Å². The van der Waals surface area contributed by atoms with Gasteiger partial charge < -0.3 is 35.2 Å². The maximum atomic E-state index is 12.9. The van der Waals surface area contributed by atoms with Gasteiger partial charge in [-0.2, -0.15) is 0 Å². The minimum absolute atomic E-state index is 0. The van der Waals surface area contributed by atoms with Crippen LogP contribution in [-0.2, 0) is 35.8 Å². The van der Waals surface area contributed by atoms with E-state index in [0.29, 0.717) is 87.1 Å². The lowest BCUT2D eigenvalue weighted by Crippen LogP contribution is -2.58. The molecule has 0 atom stereocenters. The number of nitrogens with zero attached hydrogens (tertiary/aromatic N) is 5. The number of ketones is 1. The SMILES string of the molecule is C.C.C=C(C)C(=O)CCCCN(Cc1ccccc1B(O)O)Cc1c2c(c(CN(CCCNC(=O)C(=C)C)Cc3ccccc3B(O)O)c3ccc(=C4c5ccc(N(C)C)cc5[Si](C)(C)c5cc(N(C)C)ccc54)cc13)=CC(=[N+](CC)CC)C=C2. The molecule has 12 nitrogen and oxygen atoms in total. The average molecular weight is 1160 g/mol. The second-order valence-corrected chi connectivity index (χ2v) is 27.8. The van der Waals surface area contributed by atoms with Crippen LogP contribution in [0.2, 0.25) is 13.1 Å². The number of hydrogen-bond donors (Lipinski definition) is 5. The summed E-state index contributed by atoms with van der Waals surface area (Å²) in [7, 11) is 2.80. The van der Waals surface area contributed by atoms with Crippen molar-refractivity contribution in [1.82, 2.24) is 15.1 Å². The molecule has 0 bridgehead atoms. The Morgan fingerprint density at radius 1 is 0.624 bits per heavy atom. The molecule has 0 unspecified atom stereocenters. The molecule has 85 heavy (non-hydrogen) atoms. The number of carbonyl (C=O) groups excluding carboxylic acids is 2. The standard InChI is InChI=1S/C68H84B2N6O6Si.2CH4/c1-13-76(14-2)53-30-32-55-59(39-53)61(45-75(37-21-35-71-68(78)47(5)6)43-50-23-16-18-25-63(50)70(81)82)54-31-27-48(67-56-33-28-51(72(7)8)40-65(56)83(11,12)66-41-52(73(9)10)29-34-57(66)67)38-58(54)60(55)44-74(36-20-19-26-64(77)46(3)4)42-49-22-15-17-24-62(49)69(79)80;;/h15-18,22-25,27-34,38-41,79-82H,3,5,13-14,19-21,26,35-37,42-45H2,1-2,4,6-12H3;2*1H4/p+1. The molecule has 1 amide bonds. The molecule has 0 radical (unpaired) electrons. The fourth-order valence-electron chi connectivity index (χ4n) is 12.1. The van der Waals surface area contributed by atoms with E-state index in [4.69, 9.17) is 0 Å². The number of nitrogens with one attached hydrogen (secondary N) is 1. The van der Waals surface area contributed by atoms with Crippen LogP contribution in [0, 0.1) is 0 Å². The Kier molecular flexibility index (Phi) is 23.3. The van der Waals surface area contributed by atoms with Crippen LogP contribution in [0.1, 0.15) is 107 Å². The van der Waals surface area contributed by atoms with E-state index in [-0.39, 0.29) is 26.5 Å². The van der Waals surface area contributed by atoms with Gasteiger partial charge in [-0.15, -0.1) is 0 Å². The molecule has 1 aliphatic heterocycles. The summed E-state index contributed by atoms with van der Waals surface area (Å²) >= 11 is 0. The largest absolute Gasteiger partial charge is 0.488 e. The van der Waals surface area contributed by atoms with Crippen LogP contribution in [0.25, 0.3) is 28.5 Å². The lowest BCUT2D eigenvalue weighted by atomic mass is 9.77. The van der Waals surface area contributed by atoms with Crippen molar-refractivity contribution >= 4 is 101 Å². The Morgan fingerprint density at radius 3 is 1.66 bits per heavy atom. The summed E-state index contributed by atoms with van der Waals surface area (Å²) in [6.07, 6.45) is 9.31. The van der Waals surface area contributed by atoms with Crippen LogP contribution in [0.5, 0.6) is 0 Å². The molecule has 0 aromatic heterocycles. The summed E-state index contributed by atoms with van der Waals surface area (Å²) in [4.78, 5) is 34.8. The normalized spacial score (nSPS) is 12.8. The number of Topliss-reactive ketones (excluding diaryl/α,β-unsaturated/α-hetero) is 1. The molecular weight excluding hydrogens is 1070 g/mol. The first kappa shape index (κ1) is 67.2. The van der Waals surface area contributed by atoms with E-state index in [1.807, 2.05) is 36.4 Å². The summed E-state index contributed by atoms with van der Waals surface area (Å²) in [5.74, 6) is -0.132. The number of hydrogen-bond acceptors (Lipinski definition) is 10. The number of rotatable bonds is 25. The van der Waals surface area contributed by atoms with E-state index in [1.165, 1.54) is 27.1 Å².